The highest BCUT2D eigenvalue weighted by atomic mass is 32.2. The van der Waals surface area contributed by atoms with Crippen LogP contribution in [-0.4, -0.2) is 62.1 Å². The Labute approximate surface area is 200 Å². The van der Waals surface area contributed by atoms with Crippen LogP contribution < -0.4 is 4.90 Å². The maximum atomic E-state index is 12.9. The van der Waals surface area contributed by atoms with Crippen LogP contribution in [0.25, 0.3) is 11.6 Å². The van der Waals surface area contributed by atoms with Crippen LogP contribution in [0.5, 0.6) is 0 Å². The predicted octanol–water partition coefficient (Wildman–Crippen LogP) is 4.49. The number of aromatic nitrogens is 4. The number of likely N-dealkylation sites (tertiary alicyclic amines) is 1. The summed E-state index contributed by atoms with van der Waals surface area (Å²) in [5, 5.41) is 9.38. The van der Waals surface area contributed by atoms with E-state index in [4.69, 9.17) is 4.42 Å². The molecular weight excluding hydrogens is 465 g/mol. The Hall–Kier alpha value is -2.53. The zero-order valence-electron chi connectivity index (χ0n) is 19.3. The molecule has 2 atom stereocenters. The molecule has 4 heterocycles. The summed E-state index contributed by atoms with van der Waals surface area (Å²) < 4.78 is 46.0. The van der Waals surface area contributed by atoms with E-state index in [1.54, 1.807) is 23.9 Å². The Morgan fingerprint density at radius 1 is 1.18 bits per heavy atom. The summed E-state index contributed by atoms with van der Waals surface area (Å²) in [5.74, 6) is 2.76. The van der Waals surface area contributed by atoms with Crippen molar-refractivity contribution in [2.45, 2.75) is 37.1 Å². The number of aryl methyl sites for hydroxylation is 1. The Balaban J connectivity index is 1.12. The van der Waals surface area contributed by atoms with Crippen molar-refractivity contribution < 1.29 is 17.6 Å². The van der Waals surface area contributed by atoms with Crippen LogP contribution in [0.1, 0.15) is 24.6 Å². The number of hydrogen-bond donors (Lipinski definition) is 0. The molecule has 3 aromatic rings. The second-order valence-electron chi connectivity index (χ2n) is 9.28. The largest absolute Gasteiger partial charge is 0.440 e. The van der Waals surface area contributed by atoms with E-state index in [-0.39, 0.29) is 5.54 Å². The third-order valence-electron chi connectivity index (χ3n) is 7.06. The normalized spacial score (nSPS) is 22.8. The molecule has 34 heavy (non-hydrogen) atoms. The summed E-state index contributed by atoms with van der Waals surface area (Å²) in [6, 6.07) is 5.55. The van der Waals surface area contributed by atoms with Gasteiger partial charge in [-0.2, -0.15) is 13.2 Å². The van der Waals surface area contributed by atoms with Crippen LogP contribution in [0.15, 0.2) is 40.2 Å². The van der Waals surface area contributed by atoms with E-state index in [1.165, 1.54) is 18.5 Å². The van der Waals surface area contributed by atoms with Crippen LogP contribution in [0.3, 0.4) is 0 Å². The minimum atomic E-state index is -4.30. The first kappa shape index (κ1) is 23.2. The van der Waals surface area contributed by atoms with Gasteiger partial charge in [-0.05, 0) is 51.1 Å². The number of nitrogens with zero attached hydrogens (tertiary/aromatic N) is 6. The van der Waals surface area contributed by atoms with E-state index in [1.807, 2.05) is 18.5 Å². The lowest BCUT2D eigenvalue weighted by Crippen LogP contribution is -2.65. The second-order valence-corrected chi connectivity index (χ2v) is 10.3. The maximum absolute atomic E-state index is 12.9. The fourth-order valence-electron chi connectivity index (χ4n) is 5.04. The van der Waals surface area contributed by atoms with E-state index in [9.17, 15) is 13.2 Å². The highest BCUT2D eigenvalue weighted by molar-refractivity contribution is 7.99. The van der Waals surface area contributed by atoms with Gasteiger partial charge in [0.2, 0.25) is 5.82 Å². The first-order valence-electron chi connectivity index (χ1n) is 11.3. The van der Waals surface area contributed by atoms with Crippen molar-refractivity contribution in [1.82, 2.24) is 24.6 Å². The molecule has 2 aromatic heterocycles. The first-order valence-corrected chi connectivity index (χ1v) is 12.3. The molecule has 0 amide bonds. The molecule has 0 saturated carbocycles. The van der Waals surface area contributed by atoms with Crippen LogP contribution in [0.4, 0.5) is 18.9 Å². The van der Waals surface area contributed by atoms with E-state index in [2.05, 4.69) is 31.9 Å². The average Bonchev–Trinajstić information content (AvgIpc) is 3.43. The minimum Gasteiger partial charge on any atom is -0.440 e. The van der Waals surface area contributed by atoms with Crippen LogP contribution in [0, 0.1) is 12.8 Å². The molecule has 182 valence electrons. The fraction of sp³-hybridized carbons (Fsp3) is 0.522. The number of rotatable bonds is 7. The van der Waals surface area contributed by atoms with Gasteiger partial charge in [-0.3, -0.25) is 0 Å². The van der Waals surface area contributed by atoms with E-state index in [0.29, 0.717) is 17.5 Å². The molecule has 2 saturated heterocycles. The number of thioether (sulfide) groups is 1. The molecule has 1 aromatic carbocycles. The Morgan fingerprint density at radius 2 is 1.94 bits per heavy atom. The quantitative estimate of drug-likeness (QED) is 0.356. The molecule has 0 radical (unpaired) electrons. The van der Waals surface area contributed by atoms with Gasteiger partial charge in [-0.25, -0.2) is 4.98 Å². The molecule has 5 rings (SSSR count). The molecular formula is C23H27F3N6OS. The fourth-order valence-corrected chi connectivity index (χ4v) is 5.87. The zero-order valence-corrected chi connectivity index (χ0v) is 20.2. The summed E-state index contributed by atoms with van der Waals surface area (Å²) >= 11 is 1.67. The number of fused-ring (bicyclic) bond motifs is 1. The van der Waals surface area contributed by atoms with E-state index >= 15 is 0 Å². The topological polar surface area (TPSA) is 63.2 Å². The average molecular weight is 493 g/mol. The number of anilines is 1. The molecule has 7 nitrogen and oxygen atoms in total. The van der Waals surface area contributed by atoms with Crippen LogP contribution in [0.2, 0.25) is 0 Å². The van der Waals surface area contributed by atoms with Crippen molar-refractivity contribution in [2.75, 3.05) is 36.8 Å². The van der Waals surface area contributed by atoms with Crippen molar-refractivity contribution in [3.63, 3.8) is 0 Å². The molecule has 2 aliphatic rings. The third kappa shape index (κ3) is 4.08. The Bertz CT molecular complexity index is 1160. The summed E-state index contributed by atoms with van der Waals surface area (Å²) in [6.45, 7) is 7.91. The number of halogens is 3. The second kappa shape index (κ2) is 8.60. The number of hydrogen-bond acceptors (Lipinski definition) is 7. The SMILES string of the molecule is Cc1ncoc1-c1nnc(SCCCN2C[C@@H]3CN(c4ccc(C(F)(F)F)cc4)[C@]3(C)C2)n1C. The van der Waals surface area contributed by atoms with Gasteiger partial charge in [0.15, 0.2) is 17.3 Å². The summed E-state index contributed by atoms with van der Waals surface area (Å²) in [4.78, 5) is 8.83. The Kier molecular flexibility index (Phi) is 5.87. The van der Waals surface area contributed by atoms with Gasteiger partial charge >= 0.3 is 6.18 Å². The van der Waals surface area contributed by atoms with Crippen LogP contribution in [-0.2, 0) is 13.2 Å². The van der Waals surface area contributed by atoms with Gasteiger partial charge in [0.05, 0.1) is 16.8 Å². The number of benzene rings is 1. The van der Waals surface area contributed by atoms with Crippen molar-refractivity contribution in [3.05, 3.63) is 41.9 Å². The van der Waals surface area contributed by atoms with Gasteiger partial charge < -0.3 is 18.8 Å². The Morgan fingerprint density at radius 3 is 2.62 bits per heavy atom. The predicted molar refractivity (Wildman–Crippen MR) is 124 cm³/mol. The van der Waals surface area contributed by atoms with Gasteiger partial charge in [-0.1, -0.05) is 11.8 Å². The standard InChI is InChI=1S/C23H27F3N6OS/c1-15-19(33-14-27-15)20-28-29-21(30(20)3)34-10-4-9-31-11-17-12-32(22(17,2)13-31)18-7-5-16(6-8-18)23(24,25)26/h5-8,14,17H,4,9-13H2,1-3H3/t17-,22-/m1/s1. The molecule has 0 aliphatic carbocycles. The minimum absolute atomic E-state index is 0.0275. The first-order chi connectivity index (χ1) is 16.2. The van der Waals surface area contributed by atoms with Crippen molar-refractivity contribution in [2.24, 2.45) is 13.0 Å². The number of oxazole rings is 1. The lowest BCUT2D eigenvalue weighted by Gasteiger charge is -2.54. The van der Waals surface area contributed by atoms with Gasteiger partial charge in [0.1, 0.15) is 0 Å². The highest BCUT2D eigenvalue weighted by Crippen LogP contribution is 2.45. The molecule has 11 heteroatoms. The molecule has 2 aliphatic heterocycles. The zero-order chi connectivity index (χ0) is 24.1. The van der Waals surface area contributed by atoms with E-state index < -0.39 is 11.7 Å². The maximum Gasteiger partial charge on any atom is 0.416 e. The van der Waals surface area contributed by atoms with Gasteiger partial charge in [-0.15, -0.1) is 10.2 Å². The van der Waals surface area contributed by atoms with Crippen molar-refractivity contribution >= 4 is 17.4 Å². The molecule has 0 spiro atoms. The summed E-state index contributed by atoms with van der Waals surface area (Å²) in [6.07, 6.45) is -1.88. The van der Waals surface area contributed by atoms with Gasteiger partial charge in [0, 0.05) is 44.0 Å². The monoisotopic (exact) mass is 492 g/mol. The van der Waals surface area contributed by atoms with Gasteiger partial charge in [0.25, 0.3) is 0 Å². The lowest BCUT2D eigenvalue weighted by molar-refractivity contribution is -0.137. The molecule has 0 unspecified atom stereocenters. The number of alkyl halides is 3. The third-order valence-corrected chi connectivity index (χ3v) is 8.17. The molecule has 0 bridgehead atoms. The van der Waals surface area contributed by atoms with Crippen molar-refractivity contribution in [3.8, 4) is 11.6 Å². The van der Waals surface area contributed by atoms with E-state index in [0.717, 1.165) is 54.9 Å². The van der Waals surface area contributed by atoms with Crippen molar-refractivity contribution in [1.29, 1.82) is 0 Å². The highest BCUT2D eigenvalue weighted by Gasteiger charge is 2.55. The lowest BCUT2D eigenvalue weighted by atomic mass is 9.77. The summed E-state index contributed by atoms with van der Waals surface area (Å²) in [7, 11) is 1.93. The molecule has 0 N–H and O–H groups in total. The molecule has 2 fully saturated rings. The summed E-state index contributed by atoms with van der Waals surface area (Å²) in [5.41, 5.74) is 1.02. The van der Waals surface area contributed by atoms with Crippen LogP contribution >= 0.6 is 11.8 Å². The smallest absolute Gasteiger partial charge is 0.416 e.